The lowest BCUT2D eigenvalue weighted by Gasteiger charge is -2.28. The molecule has 2 aromatic rings. The lowest BCUT2D eigenvalue weighted by atomic mass is 9.97. The minimum absolute atomic E-state index is 0.254. The molecule has 1 aliphatic heterocycles. The van der Waals surface area contributed by atoms with Crippen molar-refractivity contribution in [1.29, 1.82) is 0 Å². The van der Waals surface area contributed by atoms with Crippen LogP contribution in [0.4, 0.5) is 10.6 Å². The summed E-state index contributed by atoms with van der Waals surface area (Å²) in [5, 5.41) is 9.54. The van der Waals surface area contributed by atoms with E-state index in [-0.39, 0.29) is 12.0 Å². The fraction of sp³-hybridized carbons (Fsp3) is 0.375. The van der Waals surface area contributed by atoms with Gasteiger partial charge in [-0.3, -0.25) is 14.9 Å². The van der Waals surface area contributed by atoms with E-state index in [4.69, 9.17) is 4.74 Å². The molecule has 2 N–H and O–H groups in total. The first-order valence-corrected chi connectivity index (χ1v) is 7.79. The zero-order valence-corrected chi connectivity index (χ0v) is 13.6. The first-order valence-electron chi connectivity index (χ1n) is 7.79. The number of fused-ring (bicyclic) bond motifs is 1. The third-order valence-corrected chi connectivity index (χ3v) is 3.86. The van der Waals surface area contributed by atoms with E-state index in [0.717, 1.165) is 16.8 Å². The Hall–Kier alpha value is -2.90. The molecule has 0 saturated carbocycles. The molecule has 0 aliphatic carbocycles. The number of aromatic amines is 1. The van der Waals surface area contributed by atoms with E-state index in [2.05, 4.69) is 20.5 Å². The first kappa shape index (κ1) is 16.0. The fourth-order valence-electron chi connectivity index (χ4n) is 2.73. The van der Waals surface area contributed by atoms with Crippen molar-refractivity contribution in [3.05, 3.63) is 40.8 Å². The molecule has 1 aliphatic rings. The first-order chi connectivity index (χ1) is 11.6. The van der Waals surface area contributed by atoms with E-state index >= 15 is 0 Å². The highest BCUT2D eigenvalue weighted by Crippen LogP contribution is 2.23. The third kappa shape index (κ3) is 3.22. The van der Waals surface area contributed by atoms with Gasteiger partial charge in [0.2, 0.25) is 0 Å². The minimum atomic E-state index is -0.343. The Morgan fingerprint density at radius 2 is 2.25 bits per heavy atom. The van der Waals surface area contributed by atoms with Crippen LogP contribution in [0.1, 0.15) is 34.1 Å². The highest BCUT2D eigenvalue weighted by atomic mass is 16.6. The standard InChI is InChI=1S/C16H19N5O3/c1-3-24-16(23)21-5-4-12-11(9-21)7-17-8-13(12)15(22)18-14-6-10(2)19-20-14/h6-8H,3-5,9H2,1-2H3,(H2,18,19,20,22). The number of rotatable bonds is 3. The zero-order chi connectivity index (χ0) is 17.1. The Morgan fingerprint density at radius 1 is 1.42 bits per heavy atom. The average molecular weight is 329 g/mol. The molecule has 0 atom stereocenters. The number of amides is 2. The number of nitrogens with zero attached hydrogens (tertiary/aromatic N) is 3. The largest absolute Gasteiger partial charge is 0.450 e. The topological polar surface area (TPSA) is 100 Å². The normalized spacial score (nSPS) is 13.3. The van der Waals surface area contributed by atoms with Gasteiger partial charge in [0.1, 0.15) is 0 Å². The van der Waals surface area contributed by atoms with E-state index in [1.807, 2.05) is 6.92 Å². The second-order valence-corrected chi connectivity index (χ2v) is 5.59. The Bertz CT molecular complexity index is 771. The van der Waals surface area contributed by atoms with Crippen molar-refractivity contribution in [2.45, 2.75) is 26.8 Å². The highest BCUT2D eigenvalue weighted by Gasteiger charge is 2.25. The summed E-state index contributed by atoms with van der Waals surface area (Å²) in [5.41, 5.74) is 3.15. The summed E-state index contributed by atoms with van der Waals surface area (Å²) in [6, 6.07) is 1.75. The molecule has 0 aromatic carbocycles. The van der Waals surface area contributed by atoms with Gasteiger partial charge in [-0.05, 0) is 31.4 Å². The van der Waals surface area contributed by atoms with Crippen molar-refractivity contribution in [3.8, 4) is 0 Å². The van der Waals surface area contributed by atoms with E-state index in [0.29, 0.717) is 37.5 Å². The van der Waals surface area contributed by atoms with Crippen LogP contribution < -0.4 is 5.32 Å². The van der Waals surface area contributed by atoms with Crippen LogP contribution in [0.25, 0.3) is 0 Å². The summed E-state index contributed by atoms with van der Waals surface area (Å²) in [7, 11) is 0. The number of hydrogen-bond donors (Lipinski definition) is 2. The molecule has 8 nitrogen and oxygen atoms in total. The molecule has 126 valence electrons. The molecular formula is C16H19N5O3. The molecule has 2 amide bonds. The van der Waals surface area contributed by atoms with Crippen LogP contribution in [0.2, 0.25) is 0 Å². The number of hydrogen-bond acceptors (Lipinski definition) is 5. The van der Waals surface area contributed by atoms with Crippen LogP contribution in [0.3, 0.4) is 0 Å². The average Bonchev–Trinajstić information content (AvgIpc) is 2.98. The van der Waals surface area contributed by atoms with Crippen LogP contribution in [0.15, 0.2) is 18.5 Å². The van der Waals surface area contributed by atoms with E-state index in [1.54, 1.807) is 30.3 Å². The number of aryl methyl sites for hydroxylation is 1. The summed E-state index contributed by atoms with van der Waals surface area (Å²) in [6.45, 7) is 4.88. The van der Waals surface area contributed by atoms with Gasteiger partial charge >= 0.3 is 6.09 Å². The summed E-state index contributed by atoms with van der Waals surface area (Å²) < 4.78 is 5.03. The Labute approximate surface area is 139 Å². The van der Waals surface area contributed by atoms with Gasteiger partial charge in [-0.1, -0.05) is 0 Å². The van der Waals surface area contributed by atoms with Crippen LogP contribution in [-0.2, 0) is 17.7 Å². The molecule has 0 spiro atoms. The highest BCUT2D eigenvalue weighted by molar-refractivity contribution is 6.04. The molecule has 0 unspecified atom stereocenters. The van der Waals surface area contributed by atoms with Gasteiger partial charge in [-0.25, -0.2) is 4.79 Å². The van der Waals surface area contributed by atoms with Crippen LogP contribution in [0, 0.1) is 6.92 Å². The molecule has 24 heavy (non-hydrogen) atoms. The SMILES string of the molecule is CCOC(=O)N1CCc2c(cncc2C(=O)Nc2cc(C)[nH]n2)C1. The maximum Gasteiger partial charge on any atom is 0.410 e. The second kappa shape index (κ2) is 6.69. The predicted molar refractivity (Wildman–Crippen MR) is 86.7 cm³/mol. The van der Waals surface area contributed by atoms with Crippen LogP contribution in [0.5, 0.6) is 0 Å². The number of H-pyrrole nitrogens is 1. The van der Waals surface area contributed by atoms with Crippen molar-refractivity contribution >= 4 is 17.8 Å². The van der Waals surface area contributed by atoms with Crippen molar-refractivity contribution in [1.82, 2.24) is 20.1 Å². The van der Waals surface area contributed by atoms with Gasteiger partial charge < -0.3 is 15.0 Å². The summed E-state index contributed by atoms with van der Waals surface area (Å²) in [6.07, 6.45) is 3.48. The van der Waals surface area contributed by atoms with E-state index < -0.39 is 0 Å². The number of anilines is 1. The van der Waals surface area contributed by atoms with Crippen molar-refractivity contribution in [3.63, 3.8) is 0 Å². The van der Waals surface area contributed by atoms with Crippen molar-refractivity contribution in [2.24, 2.45) is 0 Å². The Balaban J connectivity index is 1.78. The molecule has 0 radical (unpaired) electrons. The smallest absolute Gasteiger partial charge is 0.410 e. The predicted octanol–water partition coefficient (Wildman–Crippen LogP) is 1.88. The number of nitrogens with one attached hydrogen (secondary N) is 2. The van der Waals surface area contributed by atoms with Crippen molar-refractivity contribution in [2.75, 3.05) is 18.5 Å². The van der Waals surface area contributed by atoms with Gasteiger partial charge in [-0.2, -0.15) is 5.10 Å². The molecular weight excluding hydrogens is 310 g/mol. The van der Waals surface area contributed by atoms with Gasteiger partial charge in [-0.15, -0.1) is 0 Å². The summed E-state index contributed by atoms with van der Waals surface area (Å²) in [5.74, 6) is 0.217. The van der Waals surface area contributed by atoms with Gasteiger partial charge in [0, 0.05) is 30.7 Å². The van der Waals surface area contributed by atoms with Crippen LogP contribution >= 0.6 is 0 Å². The third-order valence-electron chi connectivity index (χ3n) is 3.86. The maximum absolute atomic E-state index is 12.5. The Morgan fingerprint density at radius 3 is 2.96 bits per heavy atom. The summed E-state index contributed by atoms with van der Waals surface area (Å²) in [4.78, 5) is 30.1. The fourth-order valence-corrected chi connectivity index (χ4v) is 2.73. The number of carbonyl (C=O) groups is 2. The number of ether oxygens (including phenoxy) is 1. The molecule has 3 rings (SSSR count). The second-order valence-electron chi connectivity index (χ2n) is 5.59. The molecule has 2 aromatic heterocycles. The van der Waals surface area contributed by atoms with Gasteiger partial charge in [0.15, 0.2) is 5.82 Å². The lowest BCUT2D eigenvalue weighted by Crippen LogP contribution is -2.37. The van der Waals surface area contributed by atoms with Gasteiger partial charge in [0.25, 0.3) is 5.91 Å². The number of aromatic nitrogens is 3. The number of pyridine rings is 1. The molecule has 0 fully saturated rings. The van der Waals surface area contributed by atoms with E-state index in [1.165, 1.54) is 0 Å². The summed E-state index contributed by atoms with van der Waals surface area (Å²) >= 11 is 0. The monoisotopic (exact) mass is 329 g/mol. The molecule has 0 saturated heterocycles. The minimum Gasteiger partial charge on any atom is -0.450 e. The molecule has 0 bridgehead atoms. The Kier molecular flexibility index (Phi) is 4.45. The maximum atomic E-state index is 12.5. The van der Waals surface area contributed by atoms with Crippen molar-refractivity contribution < 1.29 is 14.3 Å². The van der Waals surface area contributed by atoms with Gasteiger partial charge in [0.05, 0.1) is 18.7 Å². The molecule has 8 heteroatoms. The van der Waals surface area contributed by atoms with E-state index in [9.17, 15) is 9.59 Å². The quantitative estimate of drug-likeness (QED) is 0.895. The van der Waals surface area contributed by atoms with Crippen LogP contribution in [-0.4, -0.2) is 45.2 Å². The lowest BCUT2D eigenvalue weighted by molar-refractivity contribution is 0.101. The zero-order valence-electron chi connectivity index (χ0n) is 13.6. The number of carbonyl (C=O) groups excluding carboxylic acids is 2. The molecule has 3 heterocycles.